The van der Waals surface area contributed by atoms with E-state index in [1.165, 1.54) is 17.1 Å². The molecule has 0 N–H and O–H groups in total. The van der Waals surface area contributed by atoms with Crippen molar-refractivity contribution in [2.75, 3.05) is 47.0 Å². The minimum Gasteiger partial charge on any atom is -0.496 e. The highest BCUT2D eigenvalue weighted by Gasteiger charge is 2.31. The second-order valence-electron chi connectivity index (χ2n) is 6.03. The van der Waals surface area contributed by atoms with Crippen LogP contribution >= 0.6 is 11.6 Å². The molecular weight excluding hydrogens is 374 g/mol. The van der Waals surface area contributed by atoms with E-state index < -0.39 is 6.09 Å². The molecule has 1 fully saturated rings. The van der Waals surface area contributed by atoms with Gasteiger partial charge in [-0.3, -0.25) is 4.79 Å². The van der Waals surface area contributed by atoms with Crippen LogP contribution in [0.4, 0.5) is 4.79 Å². The molecule has 1 aliphatic heterocycles. The van der Waals surface area contributed by atoms with E-state index in [1.807, 2.05) is 6.92 Å². The molecule has 0 unspecified atom stereocenters. The summed E-state index contributed by atoms with van der Waals surface area (Å²) in [7, 11) is 3.10. The lowest BCUT2D eigenvalue weighted by atomic mass is 10.0. The van der Waals surface area contributed by atoms with E-state index in [0.29, 0.717) is 30.4 Å². The summed E-state index contributed by atoms with van der Waals surface area (Å²) in [6.07, 6.45) is -0.474. The summed E-state index contributed by atoms with van der Waals surface area (Å²) in [4.78, 5) is 30.7. The zero-order valence-corrected chi connectivity index (χ0v) is 16.9. The SMILES string of the molecule is CCOC(=O)N1CCN(OC)CCN1C(=O)Cc1c(C)cc(Cl)cc1OC. The molecule has 1 aromatic carbocycles. The lowest BCUT2D eigenvalue weighted by molar-refractivity contribution is -0.145. The van der Waals surface area contributed by atoms with Crippen LogP contribution in [-0.2, 0) is 20.8 Å². The Balaban J connectivity index is 2.26. The van der Waals surface area contributed by atoms with Crippen LogP contribution < -0.4 is 4.74 Å². The van der Waals surface area contributed by atoms with Crippen LogP contribution in [0.15, 0.2) is 12.1 Å². The molecule has 0 bridgehead atoms. The van der Waals surface area contributed by atoms with E-state index >= 15 is 0 Å². The van der Waals surface area contributed by atoms with E-state index in [0.717, 1.165) is 11.1 Å². The van der Waals surface area contributed by atoms with Gasteiger partial charge in [-0.2, -0.15) is 5.06 Å². The van der Waals surface area contributed by atoms with Gasteiger partial charge in [0.1, 0.15) is 5.75 Å². The molecule has 1 saturated heterocycles. The number of benzene rings is 1. The van der Waals surface area contributed by atoms with Crippen LogP contribution in [0.5, 0.6) is 5.75 Å². The van der Waals surface area contributed by atoms with Crippen molar-refractivity contribution in [3.8, 4) is 5.75 Å². The van der Waals surface area contributed by atoms with Crippen molar-refractivity contribution < 1.29 is 23.9 Å². The van der Waals surface area contributed by atoms with E-state index in [-0.39, 0.29) is 25.5 Å². The monoisotopic (exact) mass is 399 g/mol. The number of hydrogen-bond acceptors (Lipinski definition) is 6. The highest BCUT2D eigenvalue weighted by molar-refractivity contribution is 6.30. The van der Waals surface area contributed by atoms with Gasteiger partial charge in [0, 0.05) is 23.7 Å². The summed E-state index contributed by atoms with van der Waals surface area (Å²) < 4.78 is 10.5. The topological polar surface area (TPSA) is 71.6 Å². The second-order valence-corrected chi connectivity index (χ2v) is 6.47. The fourth-order valence-corrected chi connectivity index (χ4v) is 3.25. The number of carbonyl (C=O) groups is 2. The molecule has 0 spiro atoms. The molecular formula is C18H26ClN3O5. The van der Waals surface area contributed by atoms with Crippen LogP contribution in [0.3, 0.4) is 0 Å². The van der Waals surface area contributed by atoms with Crippen molar-refractivity contribution in [3.63, 3.8) is 0 Å². The van der Waals surface area contributed by atoms with Crippen molar-refractivity contribution in [2.45, 2.75) is 20.3 Å². The molecule has 0 radical (unpaired) electrons. The first-order chi connectivity index (χ1) is 12.9. The Labute approximate surface area is 164 Å². The number of hydroxylamine groups is 2. The number of hydrazine groups is 1. The number of halogens is 1. The molecule has 27 heavy (non-hydrogen) atoms. The van der Waals surface area contributed by atoms with Gasteiger partial charge in [0.05, 0.1) is 40.3 Å². The molecule has 9 heteroatoms. The summed E-state index contributed by atoms with van der Waals surface area (Å²) in [6.45, 7) is 5.38. The first-order valence-corrected chi connectivity index (χ1v) is 9.15. The number of carbonyl (C=O) groups excluding carboxylic acids is 2. The van der Waals surface area contributed by atoms with E-state index in [9.17, 15) is 9.59 Å². The van der Waals surface area contributed by atoms with Gasteiger partial charge in [-0.15, -0.1) is 0 Å². The zero-order chi connectivity index (χ0) is 20.0. The van der Waals surface area contributed by atoms with Gasteiger partial charge in [0.25, 0.3) is 0 Å². The number of amides is 2. The zero-order valence-electron chi connectivity index (χ0n) is 16.2. The Morgan fingerprint density at radius 3 is 2.37 bits per heavy atom. The molecule has 0 aliphatic carbocycles. The quantitative estimate of drug-likeness (QED) is 0.756. The minimum atomic E-state index is -0.552. The van der Waals surface area contributed by atoms with Gasteiger partial charge in [-0.05, 0) is 31.5 Å². The summed E-state index contributed by atoms with van der Waals surface area (Å²) in [5.41, 5.74) is 1.59. The predicted molar refractivity (Wildman–Crippen MR) is 100 cm³/mol. The molecule has 1 heterocycles. The summed E-state index contributed by atoms with van der Waals surface area (Å²) in [5.74, 6) is 0.314. The maximum Gasteiger partial charge on any atom is 0.428 e. The van der Waals surface area contributed by atoms with Gasteiger partial charge >= 0.3 is 6.09 Å². The number of ether oxygens (including phenoxy) is 2. The molecule has 1 aromatic rings. The Morgan fingerprint density at radius 2 is 1.78 bits per heavy atom. The number of nitrogens with zero attached hydrogens (tertiary/aromatic N) is 3. The van der Waals surface area contributed by atoms with Crippen molar-refractivity contribution in [1.82, 2.24) is 15.1 Å². The van der Waals surface area contributed by atoms with Crippen molar-refractivity contribution >= 4 is 23.6 Å². The van der Waals surface area contributed by atoms with E-state index in [2.05, 4.69) is 0 Å². The third-order valence-corrected chi connectivity index (χ3v) is 4.60. The average Bonchev–Trinajstić information content (AvgIpc) is 2.86. The Morgan fingerprint density at radius 1 is 1.11 bits per heavy atom. The number of aryl methyl sites for hydroxylation is 1. The lowest BCUT2D eigenvalue weighted by Gasteiger charge is -2.32. The highest BCUT2D eigenvalue weighted by atomic mass is 35.5. The van der Waals surface area contributed by atoms with Crippen LogP contribution in [0.2, 0.25) is 5.02 Å². The molecule has 8 nitrogen and oxygen atoms in total. The van der Waals surface area contributed by atoms with Crippen LogP contribution in [-0.4, -0.2) is 74.1 Å². The average molecular weight is 400 g/mol. The minimum absolute atomic E-state index is 0.0784. The van der Waals surface area contributed by atoms with Crippen molar-refractivity contribution in [2.24, 2.45) is 0 Å². The van der Waals surface area contributed by atoms with E-state index in [4.69, 9.17) is 25.9 Å². The Kier molecular flexibility index (Phi) is 7.70. The summed E-state index contributed by atoms with van der Waals surface area (Å²) >= 11 is 6.08. The third kappa shape index (κ3) is 5.24. The largest absolute Gasteiger partial charge is 0.496 e. The molecule has 0 saturated carbocycles. The van der Waals surface area contributed by atoms with Crippen LogP contribution in [0, 0.1) is 6.92 Å². The highest BCUT2D eigenvalue weighted by Crippen LogP contribution is 2.28. The fourth-order valence-electron chi connectivity index (χ4n) is 2.99. The van der Waals surface area contributed by atoms with Gasteiger partial charge in [0.15, 0.2) is 0 Å². The maximum absolute atomic E-state index is 13.1. The standard InChI is InChI=1S/C18H26ClN3O5/c1-5-27-18(24)22-9-7-20(26-4)6-8-21(22)17(23)12-15-13(2)10-14(19)11-16(15)25-3/h10-11H,5-9,12H2,1-4H3. The first kappa shape index (κ1) is 21.3. The fraction of sp³-hybridized carbons (Fsp3) is 0.556. The second kappa shape index (κ2) is 9.77. The Bertz CT molecular complexity index is 685. The summed E-state index contributed by atoms with van der Waals surface area (Å²) in [5, 5.41) is 5.00. The lowest BCUT2D eigenvalue weighted by Crippen LogP contribution is -2.51. The van der Waals surface area contributed by atoms with Crippen LogP contribution in [0.25, 0.3) is 0 Å². The number of hydrogen-bond donors (Lipinski definition) is 0. The molecule has 0 aromatic heterocycles. The normalized spacial score (nSPS) is 15.4. The first-order valence-electron chi connectivity index (χ1n) is 8.77. The summed E-state index contributed by atoms with van der Waals surface area (Å²) in [6, 6.07) is 3.46. The third-order valence-electron chi connectivity index (χ3n) is 4.38. The molecule has 2 amide bonds. The van der Waals surface area contributed by atoms with Crippen molar-refractivity contribution in [3.05, 3.63) is 28.3 Å². The molecule has 2 rings (SSSR count). The maximum atomic E-state index is 13.1. The molecule has 0 atom stereocenters. The van der Waals surface area contributed by atoms with Gasteiger partial charge < -0.3 is 14.3 Å². The predicted octanol–water partition coefficient (Wildman–Crippen LogP) is 2.28. The smallest absolute Gasteiger partial charge is 0.428 e. The Hall–Kier alpha value is -2.03. The van der Waals surface area contributed by atoms with Gasteiger partial charge in [-0.1, -0.05) is 11.6 Å². The van der Waals surface area contributed by atoms with Crippen LogP contribution in [0.1, 0.15) is 18.1 Å². The number of methoxy groups -OCH3 is 1. The molecule has 150 valence electrons. The van der Waals surface area contributed by atoms with Gasteiger partial charge in [-0.25, -0.2) is 14.8 Å². The number of rotatable bonds is 5. The molecule has 1 aliphatic rings. The van der Waals surface area contributed by atoms with Crippen molar-refractivity contribution in [1.29, 1.82) is 0 Å². The van der Waals surface area contributed by atoms with Gasteiger partial charge in [0.2, 0.25) is 5.91 Å². The van der Waals surface area contributed by atoms with E-state index in [1.54, 1.807) is 31.2 Å².